The zero-order valence-corrected chi connectivity index (χ0v) is 13.9. The molecule has 1 heterocycles. The molecule has 1 fully saturated rings. The van der Waals surface area contributed by atoms with E-state index in [0.717, 1.165) is 5.56 Å². The summed E-state index contributed by atoms with van der Waals surface area (Å²) in [5.74, 6) is -0.279. The number of nitrogens with one attached hydrogen (secondary N) is 2. The summed E-state index contributed by atoms with van der Waals surface area (Å²) in [6.45, 7) is 0. The highest BCUT2D eigenvalue weighted by atomic mass is 16.5. The van der Waals surface area contributed by atoms with Crippen LogP contribution in [0, 0.1) is 0 Å². The number of amides is 2. The van der Waals surface area contributed by atoms with Gasteiger partial charge in [0.05, 0.1) is 7.11 Å². The minimum Gasteiger partial charge on any atom is -0.504 e. The first-order chi connectivity index (χ1) is 12.1. The van der Waals surface area contributed by atoms with Crippen molar-refractivity contribution in [3.05, 3.63) is 59.7 Å². The van der Waals surface area contributed by atoms with Gasteiger partial charge in [0.15, 0.2) is 11.5 Å². The number of phenols is 1. The molecule has 3 rings (SSSR count). The Morgan fingerprint density at radius 1 is 1.04 bits per heavy atom. The summed E-state index contributed by atoms with van der Waals surface area (Å²) in [5.41, 5.74) is 1.62. The van der Waals surface area contributed by atoms with Crippen molar-refractivity contribution < 1.29 is 19.4 Å². The van der Waals surface area contributed by atoms with Gasteiger partial charge in [0.2, 0.25) is 11.8 Å². The highest BCUT2D eigenvalue weighted by Gasteiger charge is 2.34. The van der Waals surface area contributed by atoms with Crippen LogP contribution in [0.4, 0.5) is 0 Å². The molecule has 6 heteroatoms. The van der Waals surface area contributed by atoms with Crippen molar-refractivity contribution in [1.29, 1.82) is 0 Å². The van der Waals surface area contributed by atoms with Crippen molar-refractivity contribution in [3.8, 4) is 11.5 Å². The predicted octanol–water partition coefficient (Wildman–Crippen LogP) is 1.69. The fourth-order valence-corrected chi connectivity index (χ4v) is 2.91. The van der Waals surface area contributed by atoms with Crippen molar-refractivity contribution in [2.75, 3.05) is 7.11 Å². The summed E-state index contributed by atoms with van der Waals surface area (Å²) in [5, 5.41) is 15.4. The van der Waals surface area contributed by atoms with Gasteiger partial charge in [0, 0.05) is 0 Å². The minimum atomic E-state index is -0.822. The van der Waals surface area contributed by atoms with E-state index >= 15 is 0 Å². The second-order valence-corrected chi connectivity index (χ2v) is 5.96. The average Bonchev–Trinajstić information content (AvgIpc) is 2.63. The number of hydrogen-bond acceptors (Lipinski definition) is 4. The smallest absolute Gasteiger partial charge is 0.247 e. The zero-order valence-electron chi connectivity index (χ0n) is 13.9. The Morgan fingerprint density at radius 3 is 2.48 bits per heavy atom. The van der Waals surface area contributed by atoms with Gasteiger partial charge in [-0.15, -0.1) is 0 Å². The largest absolute Gasteiger partial charge is 0.504 e. The first-order valence-electron chi connectivity index (χ1n) is 8.10. The lowest BCUT2D eigenvalue weighted by molar-refractivity contribution is -0.137. The summed E-state index contributed by atoms with van der Waals surface area (Å²) in [4.78, 5) is 24.7. The number of aromatic hydroxyl groups is 1. The van der Waals surface area contributed by atoms with Crippen LogP contribution in [0.2, 0.25) is 0 Å². The summed E-state index contributed by atoms with van der Waals surface area (Å²) in [6.07, 6.45) is 1.23. The lowest BCUT2D eigenvalue weighted by Crippen LogP contribution is -2.57. The van der Waals surface area contributed by atoms with E-state index in [9.17, 15) is 14.7 Å². The van der Waals surface area contributed by atoms with Gasteiger partial charge in [-0.1, -0.05) is 36.4 Å². The molecule has 0 aromatic heterocycles. The molecule has 2 aromatic carbocycles. The number of phenolic OH excluding ortho intramolecular Hbond substituents is 1. The highest BCUT2D eigenvalue weighted by molar-refractivity contribution is 5.97. The Labute approximate surface area is 145 Å². The topological polar surface area (TPSA) is 87.7 Å². The maximum Gasteiger partial charge on any atom is 0.247 e. The van der Waals surface area contributed by atoms with Gasteiger partial charge in [-0.05, 0) is 36.1 Å². The molecule has 1 saturated heterocycles. The van der Waals surface area contributed by atoms with E-state index < -0.39 is 12.1 Å². The second-order valence-electron chi connectivity index (χ2n) is 5.96. The summed E-state index contributed by atoms with van der Waals surface area (Å²) in [6, 6.07) is 13.1. The molecule has 25 heavy (non-hydrogen) atoms. The van der Waals surface area contributed by atoms with E-state index in [0.29, 0.717) is 24.2 Å². The molecule has 1 aliphatic heterocycles. The highest BCUT2D eigenvalue weighted by Crippen LogP contribution is 2.29. The molecule has 1 aliphatic rings. The van der Waals surface area contributed by atoms with E-state index in [1.165, 1.54) is 13.2 Å². The van der Waals surface area contributed by atoms with E-state index in [1.54, 1.807) is 12.1 Å². The number of methoxy groups -OCH3 is 1. The van der Waals surface area contributed by atoms with Crippen LogP contribution in [0.3, 0.4) is 0 Å². The van der Waals surface area contributed by atoms with Gasteiger partial charge in [0.25, 0.3) is 0 Å². The van der Waals surface area contributed by atoms with Crippen LogP contribution in [0.25, 0.3) is 0 Å². The number of benzene rings is 2. The average molecular weight is 340 g/mol. The number of ether oxygens (including phenoxy) is 1. The molecule has 0 saturated carbocycles. The summed E-state index contributed by atoms with van der Waals surface area (Å²) < 4.78 is 4.99. The van der Waals surface area contributed by atoms with Gasteiger partial charge >= 0.3 is 0 Å². The molecule has 1 unspecified atom stereocenters. The molecule has 0 bridgehead atoms. The number of aryl methyl sites for hydroxylation is 1. The molecule has 130 valence electrons. The van der Waals surface area contributed by atoms with Gasteiger partial charge in [0.1, 0.15) is 12.1 Å². The molecular weight excluding hydrogens is 320 g/mol. The molecule has 2 atom stereocenters. The second kappa shape index (κ2) is 7.25. The van der Waals surface area contributed by atoms with Crippen molar-refractivity contribution in [2.24, 2.45) is 0 Å². The Balaban J connectivity index is 1.66. The molecule has 2 amide bonds. The zero-order chi connectivity index (χ0) is 17.8. The number of rotatable bonds is 5. The van der Waals surface area contributed by atoms with Gasteiger partial charge in [-0.25, -0.2) is 0 Å². The number of carbonyl (C=O) groups excluding carboxylic acids is 2. The minimum absolute atomic E-state index is 0.0757. The number of carbonyl (C=O) groups is 2. The quantitative estimate of drug-likeness (QED) is 0.773. The normalized spacial score (nSPS) is 19.9. The third-order valence-corrected chi connectivity index (χ3v) is 4.28. The van der Waals surface area contributed by atoms with Crippen LogP contribution >= 0.6 is 0 Å². The van der Waals surface area contributed by atoms with Crippen LogP contribution in [0.1, 0.15) is 23.6 Å². The van der Waals surface area contributed by atoms with Crippen LogP contribution in [0.5, 0.6) is 11.5 Å². The van der Waals surface area contributed by atoms with Crippen LogP contribution < -0.4 is 15.4 Å². The third kappa shape index (κ3) is 3.74. The van der Waals surface area contributed by atoms with Crippen LogP contribution in [-0.2, 0) is 16.0 Å². The van der Waals surface area contributed by atoms with Crippen molar-refractivity contribution in [1.82, 2.24) is 10.6 Å². The Hall–Kier alpha value is -3.02. The molecule has 0 radical (unpaired) electrons. The van der Waals surface area contributed by atoms with Gasteiger partial charge < -0.3 is 20.5 Å². The Kier molecular flexibility index (Phi) is 4.88. The third-order valence-electron chi connectivity index (χ3n) is 4.28. The maximum atomic E-state index is 12.4. The van der Waals surface area contributed by atoms with Crippen LogP contribution in [0.15, 0.2) is 48.5 Å². The molecule has 0 aliphatic carbocycles. The lowest BCUT2D eigenvalue weighted by Gasteiger charge is -2.30. The first kappa shape index (κ1) is 16.8. The maximum absolute atomic E-state index is 12.4. The lowest BCUT2D eigenvalue weighted by atomic mass is 9.98. The Bertz CT molecular complexity index is 776. The predicted molar refractivity (Wildman–Crippen MR) is 92.2 cm³/mol. The molecular formula is C19H20N2O4. The van der Waals surface area contributed by atoms with E-state index in [2.05, 4.69) is 10.6 Å². The molecule has 2 aromatic rings. The molecule has 0 spiro atoms. The summed E-state index contributed by atoms with van der Waals surface area (Å²) in [7, 11) is 1.45. The standard InChI is InChI=1S/C19H20N2O4/c1-25-16-10-8-13(11-15(16)22)17-19(24)20-14(18(23)21-17)9-7-12-5-3-2-4-6-12/h2-6,8,10-11,14,17,22H,7,9H2,1H3,(H,20,24)(H,21,23)/t14-,17?/m0/s1. The first-order valence-corrected chi connectivity index (χ1v) is 8.10. The van der Waals surface area contributed by atoms with E-state index in [1.807, 2.05) is 30.3 Å². The van der Waals surface area contributed by atoms with E-state index in [-0.39, 0.29) is 17.6 Å². The van der Waals surface area contributed by atoms with Crippen LogP contribution in [-0.4, -0.2) is 30.1 Å². The van der Waals surface area contributed by atoms with Crippen molar-refractivity contribution in [3.63, 3.8) is 0 Å². The fraction of sp³-hybridized carbons (Fsp3) is 0.263. The van der Waals surface area contributed by atoms with Crippen molar-refractivity contribution in [2.45, 2.75) is 24.9 Å². The SMILES string of the molecule is COc1ccc(C2NC(=O)[C@H](CCc3ccccc3)NC2=O)cc1O. The summed E-state index contributed by atoms with van der Waals surface area (Å²) >= 11 is 0. The van der Waals surface area contributed by atoms with Gasteiger partial charge in [-0.3, -0.25) is 9.59 Å². The number of piperazine rings is 1. The monoisotopic (exact) mass is 340 g/mol. The molecule has 6 nitrogen and oxygen atoms in total. The number of hydrogen-bond donors (Lipinski definition) is 3. The molecule has 3 N–H and O–H groups in total. The van der Waals surface area contributed by atoms with Crippen molar-refractivity contribution >= 4 is 11.8 Å². The van der Waals surface area contributed by atoms with E-state index in [4.69, 9.17) is 4.74 Å². The fourth-order valence-electron chi connectivity index (χ4n) is 2.91. The van der Waals surface area contributed by atoms with Gasteiger partial charge in [-0.2, -0.15) is 0 Å². The Morgan fingerprint density at radius 2 is 1.80 bits per heavy atom.